The highest BCUT2D eigenvalue weighted by Crippen LogP contribution is 2.46. The van der Waals surface area contributed by atoms with Crippen LogP contribution in [0.4, 0.5) is 0 Å². The maximum Gasteiger partial charge on any atom is 0.347 e. The van der Waals surface area contributed by atoms with E-state index >= 15 is 0 Å². The molecule has 0 aromatic heterocycles. The van der Waals surface area contributed by atoms with Gasteiger partial charge in [0.15, 0.2) is 6.10 Å². The Kier molecular flexibility index (Phi) is 12.9. The normalized spacial score (nSPS) is 26.9. The maximum atomic E-state index is 13.5. The van der Waals surface area contributed by atoms with E-state index in [-0.39, 0.29) is 49.9 Å². The van der Waals surface area contributed by atoms with Crippen molar-refractivity contribution in [1.29, 1.82) is 0 Å². The molecule has 2 amide bonds. The molecule has 2 N–H and O–H groups in total. The summed E-state index contributed by atoms with van der Waals surface area (Å²) in [5.74, 6) is -2.90. The standard InChI is InChI=1S/C36H44Cl2N2O8/c1-19(2)14-30-36(44)46-28(22(5)32-33(48-32)25-12-11-24(37)15-20(25)3)8-7-9-31(41)40-27(34(42)39-18-21(4)35(43)47-30)17-23-10-13-29(45-6)26(38)16-23/h7,9-13,15-16,19,21-22,27-28,30,32-33H,8,14,17-18H2,1-6H3,(H,39,42)(H,40,41)/b9-7-/t21-,22+,27-,28+,30+,32-,33?/m1/s1. The lowest BCUT2D eigenvalue weighted by atomic mass is 9.92. The van der Waals surface area contributed by atoms with Crippen molar-refractivity contribution in [2.75, 3.05) is 13.7 Å². The molecule has 2 heterocycles. The number of amides is 2. The number of hydrogen-bond donors (Lipinski definition) is 2. The van der Waals surface area contributed by atoms with Crippen LogP contribution in [0.15, 0.2) is 48.6 Å². The summed E-state index contributed by atoms with van der Waals surface area (Å²) in [4.78, 5) is 53.2. The van der Waals surface area contributed by atoms with Gasteiger partial charge in [0.2, 0.25) is 11.8 Å². The lowest BCUT2D eigenvalue weighted by Gasteiger charge is -2.27. The number of cyclic esters (lactones) is 2. The van der Waals surface area contributed by atoms with Gasteiger partial charge < -0.3 is 29.6 Å². The molecule has 0 radical (unpaired) electrons. The van der Waals surface area contributed by atoms with E-state index in [2.05, 4.69) is 10.6 Å². The highest BCUT2D eigenvalue weighted by atomic mass is 35.5. The lowest BCUT2D eigenvalue weighted by Crippen LogP contribution is -2.49. The molecule has 2 aliphatic rings. The molecule has 1 saturated heterocycles. The Bertz CT molecular complexity index is 1530. The van der Waals surface area contributed by atoms with Crippen LogP contribution in [0.1, 0.15) is 63.3 Å². The number of nitrogens with one attached hydrogen (secondary N) is 2. The Hall–Kier alpha value is -3.60. The Balaban J connectivity index is 1.59. The molecule has 2 aromatic carbocycles. The van der Waals surface area contributed by atoms with Gasteiger partial charge >= 0.3 is 11.9 Å². The Morgan fingerprint density at radius 2 is 1.75 bits per heavy atom. The number of carbonyl (C=O) groups is 4. The molecule has 0 spiro atoms. The zero-order valence-electron chi connectivity index (χ0n) is 28.1. The number of halogens is 2. The van der Waals surface area contributed by atoms with E-state index in [1.807, 2.05) is 45.9 Å². The van der Waals surface area contributed by atoms with Crippen molar-refractivity contribution in [3.05, 3.63) is 75.3 Å². The summed E-state index contributed by atoms with van der Waals surface area (Å²) in [5, 5.41) is 6.48. The number of benzene rings is 2. The van der Waals surface area contributed by atoms with Crippen molar-refractivity contribution in [1.82, 2.24) is 10.6 Å². The molecular weight excluding hydrogens is 659 g/mol. The van der Waals surface area contributed by atoms with Crippen LogP contribution in [0, 0.1) is 24.7 Å². The fourth-order valence-corrected chi connectivity index (χ4v) is 6.19. The van der Waals surface area contributed by atoms with Crippen molar-refractivity contribution >= 4 is 47.0 Å². The zero-order chi connectivity index (χ0) is 35.1. The minimum Gasteiger partial charge on any atom is -0.495 e. The first-order valence-corrected chi connectivity index (χ1v) is 16.9. The predicted octanol–water partition coefficient (Wildman–Crippen LogP) is 5.70. The molecule has 0 bridgehead atoms. The molecular formula is C36H44Cl2N2O8. The third kappa shape index (κ3) is 9.96. The predicted molar refractivity (Wildman–Crippen MR) is 182 cm³/mol. The number of ether oxygens (including phenoxy) is 4. The third-order valence-corrected chi connectivity index (χ3v) is 9.08. The first kappa shape index (κ1) is 37.2. The maximum absolute atomic E-state index is 13.5. The molecule has 10 nitrogen and oxygen atoms in total. The van der Waals surface area contributed by atoms with Crippen molar-refractivity contribution in [2.24, 2.45) is 17.8 Å². The number of epoxide rings is 1. The SMILES string of the molecule is COc1ccc(C[C@H]2NC(=O)/C=C\C[C@@H]([C@H](C)[C@H]3OC3c3ccc(Cl)cc3C)OC(=O)[C@H](CC(C)C)OC(=O)[C@H](C)CNC2=O)cc1Cl. The van der Waals surface area contributed by atoms with E-state index < -0.39 is 47.9 Å². The van der Waals surface area contributed by atoms with Crippen LogP contribution in [-0.2, 0) is 39.8 Å². The summed E-state index contributed by atoms with van der Waals surface area (Å²) in [6.45, 7) is 9.23. The lowest BCUT2D eigenvalue weighted by molar-refractivity contribution is -0.176. The average molecular weight is 704 g/mol. The fraction of sp³-hybridized carbons (Fsp3) is 0.500. The van der Waals surface area contributed by atoms with Crippen molar-refractivity contribution in [3.63, 3.8) is 0 Å². The van der Waals surface area contributed by atoms with Crippen LogP contribution < -0.4 is 15.4 Å². The van der Waals surface area contributed by atoms with E-state index in [0.29, 0.717) is 21.4 Å². The second kappa shape index (κ2) is 16.7. The first-order chi connectivity index (χ1) is 22.8. The van der Waals surface area contributed by atoms with Crippen LogP contribution in [0.3, 0.4) is 0 Å². The van der Waals surface area contributed by atoms with Gasteiger partial charge in [0.05, 0.1) is 24.2 Å². The van der Waals surface area contributed by atoms with Gasteiger partial charge in [0, 0.05) is 30.3 Å². The minimum atomic E-state index is -1.15. The van der Waals surface area contributed by atoms with Gasteiger partial charge in [0.25, 0.3) is 0 Å². The second-order valence-electron chi connectivity index (χ2n) is 12.9. The number of rotatable bonds is 8. The van der Waals surface area contributed by atoms with Gasteiger partial charge in [-0.1, -0.05) is 69.1 Å². The minimum absolute atomic E-state index is 0.0201. The van der Waals surface area contributed by atoms with E-state index in [9.17, 15) is 19.2 Å². The summed E-state index contributed by atoms with van der Waals surface area (Å²) >= 11 is 12.5. The molecule has 0 saturated carbocycles. The highest BCUT2D eigenvalue weighted by Gasteiger charge is 2.48. The van der Waals surface area contributed by atoms with Crippen molar-refractivity contribution in [2.45, 2.75) is 84.3 Å². The van der Waals surface area contributed by atoms with E-state index in [1.165, 1.54) is 13.2 Å². The van der Waals surface area contributed by atoms with Crippen LogP contribution in [0.5, 0.6) is 5.75 Å². The van der Waals surface area contributed by atoms with E-state index in [0.717, 1.165) is 11.1 Å². The van der Waals surface area contributed by atoms with Gasteiger partial charge in [-0.25, -0.2) is 4.79 Å². The Labute approximate surface area is 291 Å². The monoisotopic (exact) mass is 702 g/mol. The molecule has 12 heteroatoms. The molecule has 2 aromatic rings. The fourth-order valence-electron chi connectivity index (χ4n) is 5.69. The second-order valence-corrected chi connectivity index (χ2v) is 13.8. The average Bonchev–Trinajstić information content (AvgIpc) is 3.82. The number of hydrogen-bond acceptors (Lipinski definition) is 8. The molecule has 48 heavy (non-hydrogen) atoms. The van der Waals surface area contributed by atoms with Crippen LogP contribution >= 0.6 is 23.2 Å². The molecule has 1 unspecified atom stereocenters. The summed E-state index contributed by atoms with van der Waals surface area (Å²) < 4.78 is 23.0. The summed E-state index contributed by atoms with van der Waals surface area (Å²) in [6, 6.07) is 9.74. The summed E-state index contributed by atoms with van der Waals surface area (Å²) in [5.41, 5.74) is 2.68. The van der Waals surface area contributed by atoms with Gasteiger partial charge in [-0.2, -0.15) is 0 Å². The van der Waals surface area contributed by atoms with Gasteiger partial charge in [-0.05, 0) is 66.3 Å². The quantitative estimate of drug-likeness (QED) is 0.265. The number of aryl methyl sites for hydroxylation is 1. The molecule has 0 aliphatic carbocycles. The molecule has 1 fully saturated rings. The summed E-state index contributed by atoms with van der Waals surface area (Å²) in [6.07, 6.45) is 1.17. The number of methoxy groups -OCH3 is 1. The first-order valence-electron chi connectivity index (χ1n) is 16.2. The third-order valence-electron chi connectivity index (χ3n) is 8.55. The smallest absolute Gasteiger partial charge is 0.347 e. The molecule has 260 valence electrons. The van der Waals surface area contributed by atoms with Crippen molar-refractivity contribution in [3.8, 4) is 5.75 Å². The van der Waals surface area contributed by atoms with Crippen LogP contribution in [0.2, 0.25) is 10.0 Å². The zero-order valence-corrected chi connectivity index (χ0v) is 29.6. The van der Waals surface area contributed by atoms with E-state index in [4.69, 9.17) is 42.1 Å². The molecule has 2 aliphatic heterocycles. The largest absolute Gasteiger partial charge is 0.495 e. The topological polar surface area (TPSA) is 133 Å². The Morgan fingerprint density at radius 3 is 2.42 bits per heavy atom. The van der Waals surface area contributed by atoms with Crippen LogP contribution in [-0.4, -0.2) is 61.8 Å². The highest BCUT2D eigenvalue weighted by molar-refractivity contribution is 6.32. The van der Waals surface area contributed by atoms with Gasteiger partial charge in [-0.3, -0.25) is 14.4 Å². The molecule has 7 atom stereocenters. The molecule has 4 rings (SSSR count). The van der Waals surface area contributed by atoms with Crippen molar-refractivity contribution < 1.29 is 38.1 Å². The number of esters is 2. The summed E-state index contributed by atoms with van der Waals surface area (Å²) in [7, 11) is 1.50. The van der Waals surface area contributed by atoms with Crippen LogP contribution in [0.25, 0.3) is 0 Å². The van der Waals surface area contributed by atoms with Gasteiger partial charge in [-0.15, -0.1) is 0 Å². The van der Waals surface area contributed by atoms with Gasteiger partial charge in [0.1, 0.15) is 24.0 Å². The Morgan fingerprint density at radius 1 is 1.00 bits per heavy atom. The van der Waals surface area contributed by atoms with E-state index in [1.54, 1.807) is 31.2 Å². The number of carbonyl (C=O) groups excluding carboxylic acids is 4.